The number of nitrogens with two attached hydrogens (primary N) is 1. The molecule has 0 amide bonds. The van der Waals surface area contributed by atoms with E-state index in [1.54, 1.807) is 0 Å². The third kappa shape index (κ3) is 2.33. The van der Waals surface area contributed by atoms with Gasteiger partial charge in [0.05, 0.1) is 11.5 Å². The highest BCUT2D eigenvalue weighted by Gasteiger charge is 2.42. The topological polar surface area (TPSA) is 127 Å². The summed E-state index contributed by atoms with van der Waals surface area (Å²) in [6.07, 6.45) is 1.81. The van der Waals surface area contributed by atoms with Gasteiger partial charge in [-0.25, -0.2) is 4.98 Å². The minimum atomic E-state index is -0.532. The first-order chi connectivity index (χ1) is 8.47. The van der Waals surface area contributed by atoms with Crippen LogP contribution in [0.4, 0.5) is 17.5 Å². The van der Waals surface area contributed by atoms with Crippen LogP contribution in [-0.4, -0.2) is 33.1 Å². The number of nitrogens with one attached hydrogen (secondary N) is 1. The van der Waals surface area contributed by atoms with Crippen molar-refractivity contribution < 1.29 is 10.0 Å². The summed E-state index contributed by atoms with van der Waals surface area (Å²) in [7, 11) is 0. The van der Waals surface area contributed by atoms with Gasteiger partial charge in [-0.3, -0.25) is 10.1 Å². The SMILES string of the molecule is Cc1nc(N)nc(NCC2(CO)CC2)c1[N+](=O)[O-]. The maximum absolute atomic E-state index is 11.0. The van der Waals surface area contributed by atoms with Crippen LogP contribution >= 0.6 is 0 Å². The predicted octanol–water partition coefficient (Wildman–Crippen LogP) is 0.460. The molecular formula is C10H15N5O3. The van der Waals surface area contributed by atoms with Crippen LogP contribution in [0.1, 0.15) is 18.5 Å². The third-order valence-electron chi connectivity index (χ3n) is 3.18. The fourth-order valence-electron chi connectivity index (χ4n) is 1.77. The Morgan fingerprint density at radius 2 is 2.22 bits per heavy atom. The molecule has 0 bridgehead atoms. The fraction of sp³-hybridized carbons (Fsp3) is 0.600. The van der Waals surface area contributed by atoms with E-state index >= 15 is 0 Å². The number of hydrogen-bond donors (Lipinski definition) is 3. The molecule has 0 radical (unpaired) electrons. The molecule has 1 aliphatic rings. The molecule has 1 heterocycles. The van der Waals surface area contributed by atoms with Crippen LogP contribution in [0.3, 0.4) is 0 Å². The first-order valence-electron chi connectivity index (χ1n) is 5.61. The Kier molecular flexibility index (Phi) is 3.04. The zero-order valence-corrected chi connectivity index (χ0v) is 10.0. The second-order valence-electron chi connectivity index (χ2n) is 4.63. The Labute approximate surface area is 103 Å². The molecule has 1 fully saturated rings. The molecule has 4 N–H and O–H groups in total. The molecule has 8 nitrogen and oxygen atoms in total. The van der Waals surface area contributed by atoms with Gasteiger partial charge in [-0.1, -0.05) is 0 Å². The van der Waals surface area contributed by atoms with Crippen molar-refractivity contribution in [3.8, 4) is 0 Å². The Hall–Kier alpha value is -1.96. The van der Waals surface area contributed by atoms with Gasteiger partial charge in [-0.05, 0) is 19.8 Å². The molecule has 0 unspecified atom stereocenters. The lowest BCUT2D eigenvalue weighted by Crippen LogP contribution is -2.21. The fourth-order valence-corrected chi connectivity index (χ4v) is 1.77. The van der Waals surface area contributed by atoms with Gasteiger partial charge < -0.3 is 16.2 Å². The lowest BCUT2D eigenvalue weighted by Gasteiger charge is -2.13. The average Bonchev–Trinajstić information content (AvgIpc) is 3.05. The van der Waals surface area contributed by atoms with E-state index in [9.17, 15) is 15.2 Å². The van der Waals surface area contributed by atoms with Crippen molar-refractivity contribution in [2.75, 3.05) is 24.2 Å². The Balaban J connectivity index is 2.23. The summed E-state index contributed by atoms with van der Waals surface area (Å²) in [5.41, 5.74) is 5.37. The van der Waals surface area contributed by atoms with Gasteiger partial charge in [0.2, 0.25) is 11.8 Å². The number of aliphatic hydroxyl groups is 1. The van der Waals surface area contributed by atoms with E-state index in [4.69, 9.17) is 5.73 Å². The van der Waals surface area contributed by atoms with Crippen molar-refractivity contribution in [1.82, 2.24) is 9.97 Å². The summed E-state index contributed by atoms with van der Waals surface area (Å²) >= 11 is 0. The summed E-state index contributed by atoms with van der Waals surface area (Å²) in [6.45, 7) is 2.02. The highest BCUT2D eigenvalue weighted by molar-refractivity contribution is 5.60. The maximum atomic E-state index is 11.0. The van der Waals surface area contributed by atoms with Crippen LogP contribution < -0.4 is 11.1 Å². The van der Waals surface area contributed by atoms with E-state index in [1.165, 1.54) is 6.92 Å². The summed E-state index contributed by atoms with van der Waals surface area (Å²) in [4.78, 5) is 18.1. The summed E-state index contributed by atoms with van der Waals surface area (Å²) in [6, 6.07) is 0. The van der Waals surface area contributed by atoms with Crippen LogP contribution in [0.25, 0.3) is 0 Å². The number of aliphatic hydroxyl groups excluding tert-OH is 1. The van der Waals surface area contributed by atoms with Crippen molar-refractivity contribution in [3.63, 3.8) is 0 Å². The van der Waals surface area contributed by atoms with Gasteiger partial charge in [0.15, 0.2) is 0 Å². The second-order valence-corrected chi connectivity index (χ2v) is 4.63. The molecule has 2 rings (SSSR count). The van der Waals surface area contributed by atoms with Gasteiger partial charge in [0, 0.05) is 12.0 Å². The van der Waals surface area contributed by atoms with E-state index < -0.39 is 4.92 Å². The predicted molar refractivity (Wildman–Crippen MR) is 65.1 cm³/mol. The van der Waals surface area contributed by atoms with Crippen LogP contribution in [-0.2, 0) is 0 Å². The number of nitro groups is 1. The van der Waals surface area contributed by atoms with Crippen LogP contribution in [0.2, 0.25) is 0 Å². The zero-order chi connectivity index (χ0) is 13.3. The van der Waals surface area contributed by atoms with E-state index in [-0.39, 0.29) is 35.2 Å². The molecule has 18 heavy (non-hydrogen) atoms. The van der Waals surface area contributed by atoms with E-state index in [0.717, 1.165) is 12.8 Å². The number of nitrogens with zero attached hydrogens (tertiary/aromatic N) is 3. The number of rotatable bonds is 5. The zero-order valence-electron chi connectivity index (χ0n) is 10.0. The van der Waals surface area contributed by atoms with Gasteiger partial charge in [0.1, 0.15) is 5.69 Å². The molecule has 1 aromatic rings. The highest BCUT2D eigenvalue weighted by atomic mass is 16.6. The van der Waals surface area contributed by atoms with E-state index in [1.807, 2.05) is 0 Å². The van der Waals surface area contributed by atoms with Crippen LogP contribution in [0.15, 0.2) is 0 Å². The molecule has 1 aliphatic carbocycles. The smallest absolute Gasteiger partial charge is 0.332 e. The van der Waals surface area contributed by atoms with Crippen LogP contribution in [0.5, 0.6) is 0 Å². The summed E-state index contributed by atoms with van der Waals surface area (Å²) in [5.74, 6) is 0.110. The van der Waals surface area contributed by atoms with Crippen molar-refractivity contribution >= 4 is 17.5 Å². The quantitative estimate of drug-likeness (QED) is 0.513. The Morgan fingerprint density at radius 1 is 1.56 bits per heavy atom. The molecule has 98 valence electrons. The first-order valence-corrected chi connectivity index (χ1v) is 5.61. The highest BCUT2D eigenvalue weighted by Crippen LogP contribution is 2.45. The third-order valence-corrected chi connectivity index (χ3v) is 3.18. The standard InChI is InChI=1S/C10H15N5O3/c1-6-7(15(17)18)8(14-9(11)13-6)12-4-10(5-16)2-3-10/h16H,2-5H2,1H3,(H3,11,12,13,14). The molecule has 1 saturated carbocycles. The monoisotopic (exact) mass is 253 g/mol. The van der Waals surface area contributed by atoms with Crippen molar-refractivity contribution in [1.29, 1.82) is 0 Å². The lowest BCUT2D eigenvalue weighted by atomic mass is 10.1. The maximum Gasteiger partial charge on any atom is 0.332 e. The second kappa shape index (κ2) is 4.37. The molecule has 0 atom stereocenters. The van der Waals surface area contributed by atoms with Crippen molar-refractivity contribution in [3.05, 3.63) is 15.8 Å². The first kappa shape index (κ1) is 12.5. The number of aryl methyl sites for hydroxylation is 1. The number of hydrogen-bond acceptors (Lipinski definition) is 7. The average molecular weight is 253 g/mol. The Bertz CT molecular complexity index is 487. The van der Waals surface area contributed by atoms with Gasteiger partial charge >= 0.3 is 5.69 Å². The Morgan fingerprint density at radius 3 is 2.72 bits per heavy atom. The summed E-state index contributed by atoms with van der Waals surface area (Å²) < 4.78 is 0. The molecule has 1 aromatic heterocycles. The molecular weight excluding hydrogens is 238 g/mol. The molecule has 0 aliphatic heterocycles. The van der Waals surface area contributed by atoms with Crippen molar-refractivity contribution in [2.24, 2.45) is 5.41 Å². The van der Waals surface area contributed by atoms with Crippen LogP contribution in [0, 0.1) is 22.5 Å². The van der Waals surface area contributed by atoms with Gasteiger partial charge in [-0.15, -0.1) is 0 Å². The molecule has 8 heteroatoms. The van der Waals surface area contributed by atoms with Crippen molar-refractivity contribution in [2.45, 2.75) is 19.8 Å². The minimum Gasteiger partial charge on any atom is -0.396 e. The summed E-state index contributed by atoms with van der Waals surface area (Å²) in [5, 5.41) is 23.0. The normalized spacial score (nSPS) is 16.3. The lowest BCUT2D eigenvalue weighted by molar-refractivity contribution is -0.385. The largest absolute Gasteiger partial charge is 0.396 e. The molecule has 0 aromatic carbocycles. The van der Waals surface area contributed by atoms with Gasteiger partial charge in [0.25, 0.3) is 0 Å². The number of nitrogen functional groups attached to an aromatic ring is 1. The number of anilines is 2. The minimum absolute atomic E-state index is 0.00514. The van der Waals surface area contributed by atoms with Gasteiger partial charge in [-0.2, -0.15) is 4.98 Å². The van der Waals surface area contributed by atoms with E-state index in [2.05, 4.69) is 15.3 Å². The van der Waals surface area contributed by atoms with E-state index in [0.29, 0.717) is 6.54 Å². The molecule has 0 saturated heterocycles. The molecule has 0 spiro atoms. The number of aromatic nitrogens is 2.